The van der Waals surface area contributed by atoms with Crippen LogP contribution in [0.4, 0.5) is 0 Å². The molecule has 4 heteroatoms. The van der Waals surface area contributed by atoms with Crippen LogP contribution in [0.25, 0.3) is 21.7 Å². The van der Waals surface area contributed by atoms with Crippen molar-refractivity contribution in [3.05, 3.63) is 78.0 Å². The van der Waals surface area contributed by atoms with E-state index < -0.39 is 0 Å². The summed E-state index contributed by atoms with van der Waals surface area (Å²) in [5.74, 6) is 0.739. The average Bonchev–Trinajstić information content (AvgIpc) is 3.20. The topological polar surface area (TPSA) is 54.1 Å². The number of ketones is 1. The van der Waals surface area contributed by atoms with E-state index in [-0.39, 0.29) is 11.2 Å². The first-order chi connectivity index (χ1) is 14.5. The predicted molar refractivity (Wildman–Crippen MR) is 123 cm³/mol. The highest BCUT2D eigenvalue weighted by Gasteiger charge is 2.18. The van der Waals surface area contributed by atoms with Crippen molar-refractivity contribution >= 4 is 27.5 Å². The van der Waals surface area contributed by atoms with Gasteiger partial charge in [-0.25, -0.2) is 0 Å². The zero-order valence-corrected chi connectivity index (χ0v) is 17.8. The second kappa shape index (κ2) is 8.33. The third kappa shape index (κ3) is 3.96. The SMILES string of the molecule is CCC(C)(C)CCNOc1ccc(C(=O)c2c[nH]c3ccccc23)c2ccccc12. The molecular formula is C26H28N2O2. The number of hydroxylamine groups is 1. The van der Waals surface area contributed by atoms with Gasteiger partial charge in [-0.1, -0.05) is 69.7 Å². The van der Waals surface area contributed by atoms with Gasteiger partial charge in [0.1, 0.15) is 0 Å². The average molecular weight is 401 g/mol. The van der Waals surface area contributed by atoms with Crippen LogP contribution in [-0.2, 0) is 0 Å². The van der Waals surface area contributed by atoms with Crippen LogP contribution in [0.3, 0.4) is 0 Å². The zero-order chi connectivity index (χ0) is 21.1. The van der Waals surface area contributed by atoms with E-state index in [9.17, 15) is 4.79 Å². The largest absolute Gasteiger partial charge is 0.408 e. The van der Waals surface area contributed by atoms with Crippen molar-refractivity contribution in [3.63, 3.8) is 0 Å². The summed E-state index contributed by atoms with van der Waals surface area (Å²) >= 11 is 0. The Morgan fingerprint density at radius 2 is 1.63 bits per heavy atom. The van der Waals surface area contributed by atoms with Gasteiger partial charge in [0.05, 0.1) is 0 Å². The maximum absolute atomic E-state index is 13.4. The summed E-state index contributed by atoms with van der Waals surface area (Å²) < 4.78 is 0. The molecule has 0 aliphatic rings. The molecule has 0 spiro atoms. The molecule has 0 radical (unpaired) electrons. The van der Waals surface area contributed by atoms with Crippen LogP contribution in [0, 0.1) is 5.41 Å². The van der Waals surface area contributed by atoms with Crippen LogP contribution < -0.4 is 10.3 Å². The van der Waals surface area contributed by atoms with Gasteiger partial charge in [-0.2, -0.15) is 5.48 Å². The molecule has 1 heterocycles. The van der Waals surface area contributed by atoms with E-state index in [0.29, 0.717) is 11.1 Å². The van der Waals surface area contributed by atoms with Crippen molar-refractivity contribution in [1.82, 2.24) is 10.5 Å². The van der Waals surface area contributed by atoms with Crippen LogP contribution in [0.2, 0.25) is 0 Å². The van der Waals surface area contributed by atoms with Gasteiger partial charge in [0.25, 0.3) is 0 Å². The Kier molecular flexibility index (Phi) is 5.60. The Balaban J connectivity index is 1.62. The van der Waals surface area contributed by atoms with Crippen molar-refractivity contribution in [2.24, 2.45) is 5.41 Å². The second-order valence-corrected chi connectivity index (χ2v) is 8.50. The minimum atomic E-state index is 0.00727. The molecule has 4 nitrogen and oxygen atoms in total. The number of para-hydroxylation sites is 1. The second-order valence-electron chi connectivity index (χ2n) is 8.50. The summed E-state index contributed by atoms with van der Waals surface area (Å²) in [6.45, 7) is 7.49. The maximum Gasteiger partial charge on any atom is 0.195 e. The van der Waals surface area contributed by atoms with Crippen molar-refractivity contribution in [1.29, 1.82) is 0 Å². The molecule has 0 saturated heterocycles. The Morgan fingerprint density at radius 3 is 2.40 bits per heavy atom. The molecular weight excluding hydrogens is 372 g/mol. The molecule has 0 fully saturated rings. The van der Waals surface area contributed by atoms with E-state index in [2.05, 4.69) is 31.2 Å². The van der Waals surface area contributed by atoms with Crippen molar-refractivity contribution < 1.29 is 9.63 Å². The maximum atomic E-state index is 13.4. The van der Waals surface area contributed by atoms with Crippen LogP contribution in [0.1, 0.15) is 49.5 Å². The van der Waals surface area contributed by atoms with Crippen LogP contribution in [0.5, 0.6) is 5.75 Å². The number of aromatic amines is 1. The fourth-order valence-electron chi connectivity index (χ4n) is 3.66. The quantitative estimate of drug-likeness (QED) is 0.208. The van der Waals surface area contributed by atoms with E-state index in [4.69, 9.17) is 4.84 Å². The molecule has 2 N–H and O–H groups in total. The first kappa shape index (κ1) is 20.2. The molecule has 4 aromatic rings. The number of aromatic nitrogens is 1. The standard InChI is InChI=1S/C26H28N2O2/c1-4-26(2,3)15-16-28-30-24-14-13-21(18-9-5-6-11-20(18)24)25(29)22-17-27-23-12-8-7-10-19(22)23/h5-14,17,27-28H,4,15-16H2,1-3H3. The number of nitrogens with one attached hydrogen (secondary N) is 2. The van der Waals surface area contributed by atoms with Crippen molar-refractivity contribution in [2.45, 2.75) is 33.6 Å². The van der Waals surface area contributed by atoms with Gasteiger partial charge in [-0.05, 0) is 35.4 Å². The zero-order valence-electron chi connectivity index (χ0n) is 17.8. The molecule has 30 heavy (non-hydrogen) atoms. The van der Waals surface area contributed by atoms with E-state index in [1.807, 2.05) is 60.7 Å². The minimum Gasteiger partial charge on any atom is -0.408 e. The number of benzene rings is 3. The number of H-pyrrole nitrogens is 1. The number of carbonyl (C=O) groups is 1. The molecule has 0 amide bonds. The lowest BCUT2D eigenvalue weighted by molar-refractivity contribution is 0.104. The third-order valence-electron chi connectivity index (χ3n) is 6.01. The molecule has 0 bridgehead atoms. The van der Waals surface area contributed by atoms with Crippen LogP contribution >= 0.6 is 0 Å². The lowest BCUT2D eigenvalue weighted by Crippen LogP contribution is -2.25. The highest BCUT2D eigenvalue weighted by molar-refractivity contribution is 6.21. The summed E-state index contributed by atoms with van der Waals surface area (Å²) in [4.78, 5) is 22.5. The summed E-state index contributed by atoms with van der Waals surface area (Å²) in [6, 6.07) is 19.5. The van der Waals surface area contributed by atoms with Gasteiger partial charge in [0.2, 0.25) is 0 Å². The molecule has 0 unspecified atom stereocenters. The lowest BCUT2D eigenvalue weighted by Gasteiger charge is -2.22. The van der Waals surface area contributed by atoms with Crippen molar-refractivity contribution in [2.75, 3.05) is 6.54 Å². The number of hydrogen-bond acceptors (Lipinski definition) is 3. The Morgan fingerprint density at radius 1 is 0.933 bits per heavy atom. The van der Waals surface area contributed by atoms with Crippen LogP contribution in [-0.4, -0.2) is 17.3 Å². The summed E-state index contributed by atoms with van der Waals surface area (Å²) in [5, 5.41) is 2.75. The first-order valence-corrected chi connectivity index (χ1v) is 10.5. The lowest BCUT2D eigenvalue weighted by atomic mass is 9.87. The Bertz CT molecular complexity index is 1190. The molecule has 0 saturated carbocycles. The van der Waals surface area contributed by atoms with E-state index >= 15 is 0 Å². The highest BCUT2D eigenvalue weighted by Crippen LogP contribution is 2.31. The highest BCUT2D eigenvalue weighted by atomic mass is 16.6. The predicted octanol–water partition coefficient (Wildman–Crippen LogP) is 6.26. The summed E-state index contributed by atoms with van der Waals surface area (Å²) in [6.07, 6.45) is 3.95. The summed E-state index contributed by atoms with van der Waals surface area (Å²) in [5.41, 5.74) is 5.70. The van der Waals surface area contributed by atoms with Gasteiger partial charge in [0.15, 0.2) is 11.5 Å². The monoisotopic (exact) mass is 400 g/mol. The molecule has 1 aromatic heterocycles. The summed E-state index contributed by atoms with van der Waals surface area (Å²) in [7, 11) is 0. The third-order valence-corrected chi connectivity index (χ3v) is 6.01. The molecule has 3 aromatic carbocycles. The van der Waals surface area contributed by atoms with Gasteiger partial charge < -0.3 is 9.82 Å². The Hall–Kier alpha value is -3.11. The molecule has 154 valence electrons. The number of fused-ring (bicyclic) bond motifs is 2. The number of rotatable bonds is 8. The number of hydrogen-bond donors (Lipinski definition) is 2. The van der Waals surface area contributed by atoms with Gasteiger partial charge in [-0.15, -0.1) is 0 Å². The van der Waals surface area contributed by atoms with E-state index in [1.54, 1.807) is 6.20 Å². The fourth-order valence-corrected chi connectivity index (χ4v) is 3.66. The minimum absolute atomic E-state index is 0.00727. The van der Waals surface area contributed by atoms with Crippen LogP contribution in [0.15, 0.2) is 66.9 Å². The Labute approximate surface area is 177 Å². The van der Waals surface area contributed by atoms with E-state index in [1.165, 1.54) is 0 Å². The van der Waals surface area contributed by atoms with E-state index in [0.717, 1.165) is 46.8 Å². The first-order valence-electron chi connectivity index (χ1n) is 10.5. The van der Waals surface area contributed by atoms with Gasteiger partial charge in [0, 0.05) is 40.2 Å². The van der Waals surface area contributed by atoms with Gasteiger partial charge >= 0.3 is 0 Å². The van der Waals surface area contributed by atoms with Gasteiger partial charge in [-0.3, -0.25) is 4.79 Å². The number of carbonyl (C=O) groups excluding carboxylic acids is 1. The molecule has 0 atom stereocenters. The van der Waals surface area contributed by atoms with Crippen molar-refractivity contribution in [3.8, 4) is 5.75 Å². The normalized spacial score (nSPS) is 11.8. The molecule has 0 aliphatic carbocycles. The smallest absolute Gasteiger partial charge is 0.195 e. The molecule has 0 aliphatic heterocycles. The fraction of sp³-hybridized carbons (Fsp3) is 0.269. The molecule has 4 rings (SSSR count).